The van der Waals surface area contributed by atoms with Crippen molar-refractivity contribution >= 4 is 5.69 Å². The average Bonchev–Trinajstić information content (AvgIpc) is 2.29. The van der Waals surface area contributed by atoms with Gasteiger partial charge in [-0.2, -0.15) is 0 Å². The summed E-state index contributed by atoms with van der Waals surface area (Å²) in [7, 11) is 0. The first-order valence-electron chi connectivity index (χ1n) is 6.02. The maximum absolute atomic E-state index is 9.42. The molecule has 0 aliphatic carbocycles. The molecule has 0 aliphatic rings. The van der Waals surface area contributed by atoms with Crippen molar-refractivity contribution in [2.75, 3.05) is 24.5 Å². The molecule has 16 heavy (non-hydrogen) atoms. The second-order valence-electron chi connectivity index (χ2n) is 3.95. The summed E-state index contributed by atoms with van der Waals surface area (Å²) in [5.74, 6) is 0.331. The van der Waals surface area contributed by atoms with E-state index in [1.807, 2.05) is 18.2 Å². The number of benzene rings is 1. The number of nitrogens with zero attached hydrogens (tertiary/aromatic N) is 1. The second kappa shape index (κ2) is 7.12. The lowest BCUT2D eigenvalue weighted by Gasteiger charge is -2.23. The van der Waals surface area contributed by atoms with E-state index in [4.69, 9.17) is 5.73 Å². The summed E-state index contributed by atoms with van der Waals surface area (Å²) in [5, 5.41) is 9.42. The highest BCUT2D eigenvalue weighted by atomic mass is 16.3. The molecule has 0 unspecified atom stereocenters. The van der Waals surface area contributed by atoms with Gasteiger partial charge >= 0.3 is 0 Å². The molecule has 3 heteroatoms. The fourth-order valence-corrected chi connectivity index (χ4v) is 1.78. The highest BCUT2D eigenvalue weighted by Gasteiger charge is 2.03. The summed E-state index contributed by atoms with van der Waals surface area (Å²) in [5.41, 5.74) is 6.56. The van der Waals surface area contributed by atoms with Crippen LogP contribution in [0, 0.1) is 0 Å². The molecule has 0 fully saturated rings. The molecule has 0 spiro atoms. The van der Waals surface area contributed by atoms with Gasteiger partial charge in [-0.1, -0.05) is 12.5 Å². The fourth-order valence-electron chi connectivity index (χ4n) is 1.78. The molecule has 90 valence electrons. The minimum atomic E-state index is 0.331. The van der Waals surface area contributed by atoms with E-state index in [1.54, 1.807) is 6.07 Å². The number of rotatable bonds is 7. The molecule has 0 saturated carbocycles. The zero-order valence-corrected chi connectivity index (χ0v) is 10.0. The smallest absolute Gasteiger partial charge is 0.117 e. The summed E-state index contributed by atoms with van der Waals surface area (Å²) in [4.78, 5) is 2.27. The lowest BCUT2D eigenvalue weighted by atomic mass is 10.2. The van der Waals surface area contributed by atoms with Gasteiger partial charge in [0.05, 0.1) is 0 Å². The van der Waals surface area contributed by atoms with Crippen molar-refractivity contribution in [3.05, 3.63) is 24.3 Å². The molecule has 1 rings (SSSR count). The summed E-state index contributed by atoms with van der Waals surface area (Å²) in [6, 6.07) is 7.43. The van der Waals surface area contributed by atoms with Crippen LogP contribution in [0.2, 0.25) is 0 Å². The molecular formula is C13H22N2O. The summed E-state index contributed by atoms with van der Waals surface area (Å²) < 4.78 is 0. The van der Waals surface area contributed by atoms with Crippen molar-refractivity contribution in [1.82, 2.24) is 0 Å². The fraction of sp³-hybridized carbons (Fsp3) is 0.538. The van der Waals surface area contributed by atoms with Crippen LogP contribution in [0.15, 0.2) is 24.3 Å². The third-order valence-electron chi connectivity index (χ3n) is 2.71. The molecule has 1 aromatic carbocycles. The standard InChI is InChI=1S/C13H22N2O/c1-2-15(10-5-3-4-9-14)12-7-6-8-13(16)11-12/h6-8,11,16H,2-5,9-10,14H2,1H3. The lowest BCUT2D eigenvalue weighted by Crippen LogP contribution is -2.23. The van der Waals surface area contributed by atoms with E-state index < -0.39 is 0 Å². The van der Waals surface area contributed by atoms with Gasteiger partial charge in [0.25, 0.3) is 0 Å². The van der Waals surface area contributed by atoms with Crippen LogP contribution in [-0.4, -0.2) is 24.7 Å². The Morgan fingerprint density at radius 1 is 1.25 bits per heavy atom. The van der Waals surface area contributed by atoms with E-state index in [0.29, 0.717) is 5.75 Å². The van der Waals surface area contributed by atoms with E-state index in [-0.39, 0.29) is 0 Å². The van der Waals surface area contributed by atoms with Gasteiger partial charge in [-0.25, -0.2) is 0 Å². The SMILES string of the molecule is CCN(CCCCCN)c1cccc(O)c1. The molecule has 3 nitrogen and oxygen atoms in total. The van der Waals surface area contributed by atoms with E-state index in [2.05, 4.69) is 11.8 Å². The molecule has 0 saturated heterocycles. The van der Waals surface area contributed by atoms with Crippen molar-refractivity contribution in [3.63, 3.8) is 0 Å². The summed E-state index contributed by atoms with van der Waals surface area (Å²) >= 11 is 0. The van der Waals surface area contributed by atoms with E-state index >= 15 is 0 Å². The minimum absolute atomic E-state index is 0.331. The van der Waals surface area contributed by atoms with Gasteiger partial charge in [0.2, 0.25) is 0 Å². The van der Waals surface area contributed by atoms with Crippen LogP contribution >= 0.6 is 0 Å². The molecule has 0 bridgehead atoms. The Morgan fingerprint density at radius 3 is 2.69 bits per heavy atom. The third-order valence-corrected chi connectivity index (χ3v) is 2.71. The number of hydrogen-bond acceptors (Lipinski definition) is 3. The van der Waals surface area contributed by atoms with Crippen molar-refractivity contribution < 1.29 is 5.11 Å². The maximum Gasteiger partial charge on any atom is 0.117 e. The predicted octanol–water partition coefficient (Wildman–Crippen LogP) is 2.35. The number of hydrogen-bond donors (Lipinski definition) is 2. The molecule has 1 aromatic rings. The van der Waals surface area contributed by atoms with Crippen LogP contribution in [0.25, 0.3) is 0 Å². The van der Waals surface area contributed by atoms with E-state index in [1.165, 1.54) is 6.42 Å². The molecule has 0 heterocycles. The van der Waals surface area contributed by atoms with Gasteiger partial charge < -0.3 is 15.7 Å². The topological polar surface area (TPSA) is 49.5 Å². The molecule has 0 aliphatic heterocycles. The van der Waals surface area contributed by atoms with Crippen LogP contribution in [-0.2, 0) is 0 Å². The number of aromatic hydroxyl groups is 1. The zero-order chi connectivity index (χ0) is 11.8. The van der Waals surface area contributed by atoms with Gasteiger partial charge in [-0.05, 0) is 38.4 Å². The van der Waals surface area contributed by atoms with E-state index in [9.17, 15) is 5.11 Å². The zero-order valence-electron chi connectivity index (χ0n) is 10.0. The number of anilines is 1. The molecule has 0 radical (unpaired) electrons. The van der Waals surface area contributed by atoms with Crippen molar-refractivity contribution in [1.29, 1.82) is 0 Å². The maximum atomic E-state index is 9.42. The monoisotopic (exact) mass is 222 g/mol. The molecular weight excluding hydrogens is 200 g/mol. The lowest BCUT2D eigenvalue weighted by molar-refractivity contribution is 0.475. The van der Waals surface area contributed by atoms with Gasteiger partial charge in [0, 0.05) is 24.8 Å². The summed E-state index contributed by atoms with van der Waals surface area (Å²) in [6.45, 7) is 4.90. The first-order chi connectivity index (χ1) is 7.77. The number of nitrogens with two attached hydrogens (primary N) is 1. The Hall–Kier alpha value is -1.22. The predicted molar refractivity (Wildman–Crippen MR) is 68.9 cm³/mol. The van der Waals surface area contributed by atoms with Crippen LogP contribution in [0.1, 0.15) is 26.2 Å². The van der Waals surface area contributed by atoms with Crippen LogP contribution < -0.4 is 10.6 Å². The Morgan fingerprint density at radius 2 is 2.06 bits per heavy atom. The number of phenolic OH excluding ortho intramolecular Hbond substituents is 1. The van der Waals surface area contributed by atoms with Gasteiger partial charge in [-0.3, -0.25) is 0 Å². The Labute approximate surface area is 97.9 Å². The molecule has 0 aromatic heterocycles. The van der Waals surface area contributed by atoms with Gasteiger partial charge in [-0.15, -0.1) is 0 Å². The highest BCUT2D eigenvalue weighted by molar-refractivity contribution is 5.50. The van der Waals surface area contributed by atoms with Crippen molar-refractivity contribution in [2.24, 2.45) is 5.73 Å². The number of phenols is 1. The largest absolute Gasteiger partial charge is 0.508 e. The summed E-state index contributed by atoms with van der Waals surface area (Å²) in [6.07, 6.45) is 3.42. The third kappa shape index (κ3) is 4.11. The highest BCUT2D eigenvalue weighted by Crippen LogP contribution is 2.20. The van der Waals surface area contributed by atoms with Crippen molar-refractivity contribution in [3.8, 4) is 5.75 Å². The van der Waals surface area contributed by atoms with Crippen LogP contribution in [0.4, 0.5) is 5.69 Å². The first-order valence-corrected chi connectivity index (χ1v) is 6.02. The second-order valence-corrected chi connectivity index (χ2v) is 3.95. The normalized spacial score (nSPS) is 10.4. The van der Waals surface area contributed by atoms with E-state index in [0.717, 1.165) is 38.2 Å². The quantitative estimate of drug-likeness (QED) is 0.696. The molecule has 0 amide bonds. The van der Waals surface area contributed by atoms with Crippen molar-refractivity contribution in [2.45, 2.75) is 26.2 Å². The van der Waals surface area contributed by atoms with Crippen LogP contribution in [0.5, 0.6) is 5.75 Å². The van der Waals surface area contributed by atoms with Gasteiger partial charge in [0.1, 0.15) is 5.75 Å². The molecule has 3 N–H and O–H groups in total. The Bertz CT molecular complexity index is 302. The molecule has 0 atom stereocenters. The average molecular weight is 222 g/mol. The Kier molecular flexibility index (Phi) is 5.72. The Balaban J connectivity index is 2.47. The number of unbranched alkanes of at least 4 members (excludes halogenated alkanes) is 2. The first kappa shape index (κ1) is 12.8. The minimum Gasteiger partial charge on any atom is -0.508 e. The van der Waals surface area contributed by atoms with Gasteiger partial charge in [0.15, 0.2) is 0 Å². The van der Waals surface area contributed by atoms with Crippen LogP contribution in [0.3, 0.4) is 0 Å².